The molecule has 2 amide bonds. The summed E-state index contributed by atoms with van der Waals surface area (Å²) in [5.41, 5.74) is 6.81. The van der Waals surface area contributed by atoms with E-state index in [0.717, 1.165) is 32.4 Å². The van der Waals surface area contributed by atoms with E-state index in [4.69, 9.17) is 10.5 Å². The molecule has 2 fully saturated rings. The Bertz CT molecular complexity index is 599. The van der Waals surface area contributed by atoms with Crippen molar-refractivity contribution >= 4 is 17.5 Å². The fourth-order valence-corrected chi connectivity index (χ4v) is 3.30. The zero-order valence-corrected chi connectivity index (χ0v) is 13.9. The van der Waals surface area contributed by atoms with Crippen LogP contribution in [-0.2, 0) is 9.53 Å². The normalized spacial score (nSPS) is 24.0. The first-order chi connectivity index (χ1) is 11.7. The number of nitrogens with one attached hydrogen (secondary N) is 1. The Hall–Kier alpha value is -1.92. The average Bonchev–Trinajstić information content (AvgIpc) is 3.11. The van der Waals surface area contributed by atoms with Crippen LogP contribution in [0.4, 0.5) is 5.69 Å². The Balaban J connectivity index is 1.62. The minimum absolute atomic E-state index is 0.0334. The molecule has 1 aromatic carbocycles. The summed E-state index contributed by atoms with van der Waals surface area (Å²) in [5, 5.41) is 2.85. The van der Waals surface area contributed by atoms with Gasteiger partial charge in [-0.05, 0) is 50.3 Å². The van der Waals surface area contributed by atoms with E-state index in [9.17, 15) is 9.59 Å². The highest BCUT2D eigenvalue weighted by molar-refractivity contribution is 5.98. The third-order valence-corrected chi connectivity index (χ3v) is 4.68. The number of carbonyl (C=O) groups is 2. The molecule has 3 rings (SSSR count). The molecule has 0 aromatic heterocycles. The standard InChI is InChI=1S/C18H25N3O3/c19-12-15-7-8-16(24-15)17(22)20-14-6-4-5-13(11-14)18(23)21-9-2-1-3-10-21/h4-6,11,15-16H,1-3,7-10,12,19H2,(H,20,22)/t15-,16+/m1/s1. The largest absolute Gasteiger partial charge is 0.364 e. The molecule has 0 aliphatic carbocycles. The van der Waals surface area contributed by atoms with Gasteiger partial charge < -0.3 is 20.7 Å². The summed E-state index contributed by atoms with van der Waals surface area (Å²) in [6.45, 7) is 2.06. The van der Waals surface area contributed by atoms with Crippen LogP contribution in [-0.4, -0.2) is 48.6 Å². The quantitative estimate of drug-likeness (QED) is 0.880. The lowest BCUT2D eigenvalue weighted by Gasteiger charge is -2.26. The lowest BCUT2D eigenvalue weighted by molar-refractivity contribution is -0.126. The molecule has 2 saturated heterocycles. The number of amides is 2. The summed E-state index contributed by atoms with van der Waals surface area (Å²) in [4.78, 5) is 26.7. The topological polar surface area (TPSA) is 84.7 Å². The second kappa shape index (κ2) is 7.77. The molecule has 0 bridgehead atoms. The van der Waals surface area contributed by atoms with Gasteiger partial charge in [-0.15, -0.1) is 0 Å². The van der Waals surface area contributed by atoms with Crippen LogP contribution >= 0.6 is 0 Å². The smallest absolute Gasteiger partial charge is 0.253 e. The maximum atomic E-state index is 12.6. The van der Waals surface area contributed by atoms with Gasteiger partial charge in [-0.2, -0.15) is 0 Å². The van der Waals surface area contributed by atoms with Crippen molar-refractivity contribution in [3.63, 3.8) is 0 Å². The van der Waals surface area contributed by atoms with E-state index in [1.54, 1.807) is 24.3 Å². The first-order valence-corrected chi connectivity index (χ1v) is 8.73. The van der Waals surface area contributed by atoms with E-state index in [1.165, 1.54) is 6.42 Å². The van der Waals surface area contributed by atoms with Gasteiger partial charge in [0.25, 0.3) is 11.8 Å². The van der Waals surface area contributed by atoms with Crippen molar-refractivity contribution in [2.24, 2.45) is 5.73 Å². The number of piperidine rings is 1. The van der Waals surface area contributed by atoms with Crippen molar-refractivity contribution in [3.8, 4) is 0 Å². The summed E-state index contributed by atoms with van der Waals surface area (Å²) >= 11 is 0. The van der Waals surface area contributed by atoms with Gasteiger partial charge in [-0.25, -0.2) is 0 Å². The molecule has 0 spiro atoms. The molecule has 0 saturated carbocycles. The van der Waals surface area contributed by atoms with Gasteiger partial charge in [0.2, 0.25) is 0 Å². The maximum absolute atomic E-state index is 12.6. The van der Waals surface area contributed by atoms with Crippen molar-refractivity contribution in [3.05, 3.63) is 29.8 Å². The van der Waals surface area contributed by atoms with E-state index in [-0.39, 0.29) is 17.9 Å². The van der Waals surface area contributed by atoms with Crippen molar-refractivity contribution < 1.29 is 14.3 Å². The van der Waals surface area contributed by atoms with Crippen LogP contribution in [0.25, 0.3) is 0 Å². The van der Waals surface area contributed by atoms with Crippen LogP contribution in [0.2, 0.25) is 0 Å². The molecule has 1 aromatic rings. The van der Waals surface area contributed by atoms with Crippen LogP contribution in [0.5, 0.6) is 0 Å². The Morgan fingerprint density at radius 2 is 2.00 bits per heavy atom. The van der Waals surface area contributed by atoms with Gasteiger partial charge in [-0.3, -0.25) is 9.59 Å². The first-order valence-electron chi connectivity index (χ1n) is 8.73. The minimum Gasteiger partial charge on any atom is -0.364 e. The number of carbonyl (C=O) groups excluding carboxylic acids is 2. The molecule has 2 aliphatic heterocycles. The molecule has 0 unspecified atom stereocenters. The summed E-state index contributed by atoms with van der Waals surface area (Å²) < 4.78 is 5.61. The second-order valence-electron chi connectivity index (χ2n) is 6.48. The van der Waals surface area contributed by atoms with Crippen LogP contribution in [0.15, 0.2) is 24.3 Å². The predicted octanol–water partition coefficient (Wildman–Crippen LogP) is 1.76. The number of hydrogen-bond donors (Lipinski definition) is 2. The highest BCUT2D eigenvalue weighted by atomic mass is 16.5. The van der Waals surface area contributed by atoms with E-state index < -0.39 is 6.10 Å². The Morgan fingerprint density at radius 3 is 2.71 bits per heavy atom. The highest BCUT2D eigenvalue weighted by Gasteiger charge is 2.30. The monoisotopic (exact) mass is 331 g/mol. The molecule has 2 atom stereocenters. The molecule has 6 heteroatoms. The zero-order valence-electron chi connectivity index (χ0n) is 13.9. The van der Waals surface area contributed by atoms with Gasteiger partial charge >= 0.3 is 0 Å². The third-order valence-electron chi connectivity index (χ3n) is 4.68. The maximum Gasteiger partial charge on any atom is 0.253 e. The Kier molecular flexibility index (Phi) is 5.48. The summed E-state index contributed by atoms with van der Waals surface area (Å²) in [7, 11) is 0. The van der Waals surface area contributed by atoms with Crippen molar-refractivity contribution in [2.45, 2.75) is 44.3 Å². The Morgan fingerprint density at radius 1 is 1.21 bits per heavy atom. The van der Waals surface area contributed by atoms with Crippen molar-refractivity contribution in [2.75, 3.05) is 25.0 Å². The van der Waals surface area contributed by atoms with Gasteiger partial charge in [0.05, 0.1) is 6.10 Å². The predicted molar refractivity (Wildman–Crippen MR) is 91.8 cm³/mol. The van der Waals surface area contributed by atoms with Crippen LogP contribution in [0.3, 0.4) is 0 Å². The molecular formula is C18H25N3O3. The number of rotatable bonds is 4. The van der Waals surface area contributed by atoms with E-state index in [1.807, 2.05) is 4.90 Å². The number of nitrogens with zero attached hydrogens (tertiary/aromatic N) is 1. The SMILES string of the molecule is NC[C@H]1CC[C@@H](C(=O)Nc2cccc(C(=O)N3CCCCC3)c2)O1. The fourth-order valence-electron chi connectivity index (χ4n) is 3.30. The molecule has 6 nitrogen and oxygen atoms in total. The number of anilines is 1. The molecule has 3 N–H and O–H groups in total. The summed E-state index contributed by atoms with van der Waals surface area (Å²) in [6.07, 6.45) is 4.30. The zero-order chi connectivity index (χ0) is 16.9. The molecule has 24 heavy (non-hydrogen) atoms. The van der Waals surface area contributed by atoms with E-state index in [0.29, 0.717) is 24.2 Å². The summed E-state index contributed by atoms with van der Waals surface area (Å²) in [5.74, 6) is -0.139. The lowest BCUT2D eigenvalue weighted by atomic mass is 10.1. The number of likely N-dealkylation sites (tertiary alicyclic amines) is 1. The number of nitrogens with two attached hydrogens (primary N) is 1. The highest BCUT2D eigenvalue weighted by Crippen LogP contribution is 2.21. The van der Waals surface area contributed by atoms with Gasteiger partial charge in [-0.1, -0.05) is 6.07 Å². The molecule has 2 aliphatic rings. The van der Waals surface area contributed by atoms with Gasteiger partial charge in [0, 0.05) is 30.9 Å². The van der Waals surface area contributed by atoms with Crippen LogP contribution in [0, 0.1) is 0 Å². The minimum atomic E-state index is -0.458. The lowest BCUT2D eigenvalue weighted by Crippen LogP contribution is -2.35. The number of benzene rings is 1. The molecular weight excluding hydrogens is 306 g/mol. The summed E-state index contributed by atoms with van der Waals surface area (Å²) in [6, 6.07) is 7.12. The number of ether oxygens (including phenoxy) is 1. The van der Waals surface area contributed by atoms with Crippen LogP contribution < -0.4 is 11.1 Å². The molecule has 0 radical (unpaired) electrons. The van der Waals surface area contributed by atoms with Gasteiger partial charge in [0.1, 0.15) is 6.10 Å². The third kappa shape index (κ3) is 3.94. The molecule has 2 heterocycles. The Labute approximate surface area is 142 Å². The fraction of sp³-hybridized carbons (Fsp3) is 0.556. The van der Waals surface area contributed by atoms with Gasteiger partial charge in [0.15, 0.2) is 0 Å². The van der Waals surface area contributed by atoms with Crippen molar-refractivity contribution in [1.29, 1.82) is 0 Å². The average molecular weight is 331 g/mol. The number of hydrogen-bond acceptors (Lipinski definition) is 4. The van der Waals surface area contributed by atoms with Crippen LogP contribution in [0.1, 0.15) is 42.5 Å². The van der Waals surface area contributed by atoms with Crippen molar-refractivity contribution in [1.82, 2.24) is 4.90 Å². The first kappa shape index (κ1) is 16.9. The van der Waals surface area contributed by atoms with E-state index >= 15 is 0 Å². The second-order valence-corrected chi connectivity index (χ2v) is 6.48. The molecule has 130 valence electrons. The van der Waals surface area contributed by atoms with E-state index in [2.05, 4.69) is 5.32 Å².